The molecule has 0 rings (SSSR count). The fourth-order valence-electron chi connectivity index (χ4n) is 0.760. The maximum Gasteiger partial charge on any atom is 0.125 e. The lowest BCUT2D eigenvalue weighted by Crippen LogP contribution is -2.23. The standard InChI is InChI=1S/C8H15N3/c1-5-11-8(10-4)7(2)6-9-3/h6H,3,5H2,1-2,4H3,(H,10,11)/b7-6-. The third-order valence-corrected chi connectivity index (χ3v) is 1.23. The van der Waals surface area contributed by atoms with E-state index >= 15 is 0 Å². The van der Waals surface area contributed by atoms with Crippen molar-refractivity contribution in [1.82, 2.24) is 5.32 Å². The maximum atomic E-state index is 4.05. The Balaban J connectivity index is 4.26. The van der Waals surface area contributed by atoms with Gasteiger partial charge in [0.2, 0.25) is 0 Å². The minimum absolute atomic E-state index is 0.870. The number of amidine groups is 1. The van der Waals surface area contributed by atoms with Crippen LogP contribution in [0.3, 0.4) is 0 Å². The van der Waals surface area contributed by atoms with E-state index in [1.807, 2.05) is 13.8 Å². The van der Waals surface area contributed by atoms with Crippen molar-refractivity contribution in [3.63, 3.8) is 0 Å². The summed E-state index contributed by atoms with van der Waals surface area (Å²) in [6, 6.07) is 0. The van der Waals surface area contributed by atoms with Gasteiger partial charge >= 0.3 is 0 Å². The molecule has 62 valence electrons. The molecule has 0 spiro atoms. The average molecular weight is 153 g/mol. The van der Waals surface area contributed by atoms with Crippen molar-refractivity contribution in [2.75, 3.05) is 13.6 Å². The van der Waals surface area contributed by atoms with Crippen LogP contribution in [0, 0.1) is 0 Å². The molecule has 0 aromatic carbocycles. The molecule has 0 heterocycles. The SMILES string of the molecule is C=N/C=C(/C)C(=NC)NCC. The van der Waals surface area contributed by atoms with E-state index in [1.54, 1.807) is 13.2 Å². The molecule has 0 saturated carbocycles. The summed E-state index contributed by atoms with van der Waals surface area (Å²) >= 11 is 0. The monoisotopic (exact) mass is 153 g/mol. The number of nitrogens with zero attached hydrogens (tertiary/aromatic N) is 2. The number of rotatable bonds is 3. The van der Waals surface area contributed by atoms with Gasteiger partial charge in [0, 0.05) is 25.4 Å². The molecule has 1 N–H and O–H groups in total. The van der Waals surface area contributed by atoms with Crippen LogP contribution in [0.4, 0.5) is 0 Å². The smallest absolute Gasteiger partial charge is 0.125 e. The van der Waals surface area contributed by atoms with Crippen molar-refractivity contribution in [2.45, 2.75) is 13.8 Å². The Labute approximate surface area is 67.9 Å². The first-order valence-corrected chi connectivity index (χ1v) is 3.59. The van der Waals surface area contributed by atoms with Gasteiger partial charge in [0.25, 0.3) is 0 Å². The van der Waals surface area contributed by atoms with Crippen LogP contribution in [0.25, 0.3) is 0 Å². The summed E-state index contributed by atoms with van der Waals surface area (Å²) in [6.07, 6.45) is 1.69. The van der Waals surface area contributed by atoms with Crippen LogP contribution >= 0.6 is 0 Å². The molecular formula is C8H15N3. The molecule has 0 fully saturated rings. The van der Waals surface area contributed by atoms with E-state index in [9.17, 15) is 0 Å². The summed E-state index contributed by atoms with van der Waals surface area (Å²) < 4.78 is 0. The predicted molar refractivity (Wildman–Crippen MR) is 50.3 cm³/mol. The van der Waals surface area contributed by atoms with Gasteiger partial charge in [-0.1, -0.05) is 0 Å². The summed E-state index contributed by atoms with van der Waals surface area (Å²) in [6.45, 7) is 8.21. The first kappa shape index (κ1) is 9.88. The highest BCUT2D eigenvalue weighted by Gasteiger charge is 1.96. The van der Waals surface area contributed by atoms with Crippen LogP contribution in [-0.2, 0) is 0 Å². The molecule has 0 bridgehead atoms. The number of hydrogen-bond donors (Lipinski definition) is 1. The Kier molecular flexibility index (Phi) is 5.07. The van der Waals surface area contributed by atoms with Gasteiger partial charge in [-0.2, -0.15) is 0 Å². The molecule has 0 aliphatic heterocycles. The Morgan fingerprint density at radius 1 is 1.64 bits per heavy atom. The molecule has 0 unspecified atom stereocenters. The van der Waals surface area contributed by atoms with Gasteiger partial charge in [-0.25, -0.2) is 0 Å². The zero-order valence-electron chi connectivity index (χ0n) is 7.39. The topological polar surface area (TPSA) is 36.8 Å². The number of likely N-dealkylation sites (N-methyl/N-ethyl adjacent to an activating group) is 1. The second-order valence-corrected chi connectivity index (χ2v) is 2.10. The second kappa shape index (κ2) is 5.65. The summed E-state index contributed by atoms with van der Waals surface area (Å²) in [5.41, 5.74) is 1.00. The molecule has 11 heavy (non-hydrogen) atoms. The first-order chi connectivity index (χ1) is 5.26. The van der Waals surface area contributed by atoms with Gasteiger partial charge in [0.15, 0.2) is 0 Å². The van der Waals surface area contributed by atoms with E-state index < -0.39 is 0 Å². The van der Waals surface area contributed by atoms with Gasteiger partial charge in [-0.3, -0.25) is 9.98 Å². The van der Waals surface area contributed by atoms with Crippen molar-refractivity contribution in [1.29, 1.82) is 0 Å². The van der Waals surface area contributed by atoms with Gasteiger partial charge in [-0.15, -0.1) is 0 Å². The third kappa shape index (κ3) is 3.55. The van der Waals surface area contributed by atoms with Gasteiger partial charge in [0.05, 0.1) is 0 Å². The number of hydrogen-bond acceptors (Lipinski definition) is 2. The maximum absolute atomic E-state index is 4.05. The Morgan fingerprint density at radius 2 is 2.27 bits per heavy atom. The Hall–Kier alpha value is -1.12. The van der Waals surface area contributed by atoms with E-state index in [2.05, 4.69) is 22.0 Å². The molecule has 0 aliphatic rings. The van der Waals surface area contributed by atoms with Crippen LogP contribution in [-0.4, -0.2) is 26.1 Å². The van der Waals surface area contributed by atoms with E-state index in [4.69, 9.17) is 0 Å². The van der Waals surface area contributed by atoms with Crippen molar-refractivity contribution >= 4 is 12.6 Å². The fraction of sp³-hybridized carbons (Fsp3) is 0.500. The van der Waals surface area contributed by atoms with Crippen molar-refractivity contribution in [3.05, 3.63) is 11.8 Å². The zero-order valence-corrected chi connectivity index (χ0v) is 7.39. The average Bonchev–Trinajstić information content (AvgIpc) is 2.00. The molecule has 0 amide bonds. The minimum Gasteiger partial charge on any atom is -0.370 e. The zero-order chi connectivity index (χ0) is 8.69. The summed E-state index contributed by atoms with van der Waals surface area (Å²) in [5, 5.41) is 3.11. The first-order valence-electron chi connectivity index (χ1n) is 3.59. The molecule has 0 radical (unpaired) electrons. The van der Waals surface area contributed by atoms with E-state index in [0.29, 0.717) is 0 Å². The summed E-state index contributed by atoms with van der Waals surface area (Å²) in [7, 11) is 1.75. The van der Waals surface area contributed by atoms with Gasteiger partial charge < -0.3 is 5.32 Å². The lowest BCUT2D eigenvalue weighted by atomic mass is 10.3. The van der Waals surface area contributed by atoms with Crippen LogP contribution in [0.1, 0.15) is 13.8 Å². The van der Waals surface area contributed by atoms with Crippen LogP contribution in [0.15, 0.2) is 21.8 Å². The van der Waals surface area contributed by atoms with Crippen LogP contribution in [0.5, 0.6) is 0 Å². The lowest BCUT2D eigenvalue weighted by Gasteiger charge is -2.05. The second-order valence-electron chi connectivity index (χ2n) is 2.10. The summed E-state index contributed by atoms with van der Waals surface area (Å²) in [5.74, 6) is 0.875. The highest BCUT2D eigenvalue weighted by Crippen LogP contribution is 1.93. The number of aliphatic imine (C=N–C) groups is 2. The van der Waals surface area contributed by atoms with E-state index in [0.717, 1.165) is 18.0 Å². The highest BCUT2D eigenvalue weighted by molar-refractivity contribution is 5.97. The number of nitrogens with one attached hydrogen (secondary N) is 1. The van der Waals surface area contributed by atoms with Gasteiger partial charge in [0.1, 0.15) is 5.84 Å². The van der Waals surface area contributed by atoms with Crippen LogP contribution < -0.4 is 5.32 Å². The third-order valence-electron chi connectivity index (χ3n) is 1.23. The molecule has 0 aliphatic carbocycles. The molecule has 0 atom stereocenters. The quantitative estimate of drug-likeness (QED) is 0.480. The predicted octanol–water partition coefficient (Wildman–Crippen LogP) is 1.23. The van der Waals surface area contributed by atoms with Crippen molar-refractivity contribution < 1.29 is 0 Å². The molecular weight excluding hydrogens is 138 g/mol. The van der Waals surface area contributed by atoms with Gasteiger partial charge in [-0.05, 0) is 20.6 Å². The molecule has 3 nitrogen and oxygen atoms in total. The normalized spacial score (nSPS) is 13.0. The fourth-order valence-corrected chi connectivity index (χ4v) is 0.760. The summed E-state index contributed by atoms with van der Waals surface area (Å²) in [4.78, 5) is 7.70. The van der Waals surface area contributed by atoms with E-state index in [1.165, 1.54) is 0 Å². The Bertz CT molecular complexity index is 180. The van der Waals surface area contributed by atoms with E-state index in [-0.39, 0.29) is 0 Å². The minimum atomic E-state index is 0.870. The largest absolute Gasteiger partial charge is 0.370 e. The molecule has 0 aromatic heterocycles. The lowest BCUT2D eigenvalue weighted by molar-refractivity contribution is 0.958. The molecule has 3 heteroatoms. The van der Waals surface area contributed by atoms with Crippen LogP contribution in [0.2, 0.25) is 0 Å². The highest BCUT2D eigenvalue weighted by atomic mass is 15.0. The molecule has 0 aromatic rings. The van der Waals surface area contributed by atoms with Crippen molar-refractivity contribution in [2.24, 2.45) is 9.98 Å². The van der Waals surface area contributed by atoms with Crippen molar-refractivity contribution in [3.8, 4) is 0 Å². The molecule has 0 saturated heterocycles. The Morgan fingerprint density at radius 3 is 2.64 bits per heavy atom.